The van der Waals surface area contributed by atoms with Crippen LogP contribution in [0.3, 0.4) is 0 Å². The smallest absolute Gasteiger partial charge is 0.359 e. The van der Waals surface area contributed by atoms with Crippen LogP contribution in [-0.4, -0.2) is 51.5 Å². The van der Waals surface area contributed by atoms with E-state index < -0.39 is 23.1 Å². The summed E-state index contributed by atoms with van der Waals surface area (Å²) in [6.45, 7) is 2.15. The molecule has 1 aliphatic heterocycles. The van der Waals surface area contributed by atoms with Crippen molar-refractivity contribution < 1.29 is 23.5 Å². The molecule has 1 aliphatic carbocycles. The van der Waals surface area contributed by atoms with E-state index in [4.69, 9.17) is 9.47 Å². The molecule has 0 radical (unpaired) electrons. The fourth-order valence-electron chi connectivity index (χ4n) is 5.12. The molecule has 1 spiro atoms. The summed E-state index contributed by atoms with van der Waals surface area (Å²) < 4.78 is 28.3. The quantitative estimate of drug-likeness (QED) is 0.352. The lowest BCUT2D eigenvalue weighted by Crippen LogP contribution is -2.44. The molecule has 0 bridgehead atoms. The van der Waals surface area contributed by atoms with Crippen molar-refractivity contribution in [2.24, 2.45) is 0 Å². The van der Waals surface area contributed by atoms with Crippen molar-refractivity contribution in [3.63, 3.8) is 0 Å². The molecule has 6 rings (SSSR count). The first-order valence-electron chi connectivity index (χ1n) is 12.5. The number of aromatic nitrogens is 4. The molecule has 2 aromatic heterocycles. The predicted octanol–water partition coefficient (Wildman–Crippen LogP) is 3.43. The minimum absolute atomic E-state index is 0.0148. The first-order valence-corrected chi connectivity index (χ1v) is 12.5. The largest absolute Gasteiger partial charge is 0.497 e. The molecular weight excluding hydrogens is 505 g/mol. The summed E-state index contributed by atoms with van der Waals surface area (Å²) in [5.41, 5.74) is 1.10. The van der Waals surface area contributed by atoms with E-state index in [0.29, 0.717) is 29.2 Å². The number of carbonyl (C=O) groups is 2. The van der Waals surface area contributed by atoms with Crippen molar-refractivity contribution in [2.75, 3.05) is 25.2 Å². The average molecular weight is 530 g/mol. The lowest BCUT2D eigenvalue weighted by Gasteiger charge is -2.33. The van der Waals surface area contributed by atoms with Crippen LogP contribution in [0.4, 0.5) is 10.1 Å². The van der Waals surface area contributed by atoms with Crippen molar-refractivity contribution in [2.45, 2.75) is 25.2 Å². The number of anilines is 1. The van der Waals surface area contributed by atoms with E-state index >= 15 is 4.39 Å². The third-order valence-electron chi connectivity index (χ3n) is 7.19. The highest BCUT2D eigenvalue weighted by molar-refractivity contribution is 6.10. The molecule has 1 amide bonds. The number of ether oxygens (including phenoxy) is 2. The van der Waals surface area contributed by atoms with Gasteiger partial charge in [-0.1, -0.05) is 0 Å². The predicted molar refractivity (Wildman–Crippen MR) is 138 cm³/mol. The van der Waals surface area contributed by atoms with E-state index in [1.165, 1.54) is 40.9 Å². The van der Waals surface area contributed by atoms with Crippen LogP contribution in [0.1, 0.15) is 46.3 Å². The van der Waals surface area contributed by atoms with Crippen LogP contribution in [-0.2, 0) is 10.2 Å². The Hall–Kier alpha value is -4.80. The highest BCUT2D eigenvalue weighted by Crippen LogP contribution is 2.54. The Balaban J connectivity index is 1.48. The zero-order chi connectivity index (χ0) is 27.3. The van der Waals surface area contributed by atoms with Crippen molar-refractivity contribution >= 4 is 17.6 Å². The van der Waals surface area contributed by atoms with Crippen LogP contribution in [0.25, 0.3) is 11.4 Å². The lowest BCUT2D eigenvalue weighted by molar-refractivity contribution is 0.0516. The molecule has 11 heteroatoms. The number of rotatable bonds is 6. The van der Waals surface area contributed by atoms with Gasteiger partial charge < -0.3 is 14.4 Å². The molecule has 0 atom stereocenters. The van der Waals surface area contributed by atoms with Crippen LogP contribution < -0.4 is 15.2 Å². The molecule has 0 N–H and O–H groups in total. The molecule has 1 saturated carbocycles. The minimum Gasteiger partial charge on any atom is -0.497 e. The number of carbonyl (C=O) groups excluding carboxylic acids is 2. The van der Waals surface area contributed by atoms with E-state index in [1.54, 1.807) is 48.4 Å². The maximum atomic E-state index is 15.2. The summed E-state index contributed by atoms with van der Waals surface area (Å²) in [5, 5.41) is 4.44. The number of fused-ring (bicyclic) bond motifs is 2. The summed E-state index contributed by atoms with van der Waals surface area (Å²) in [6.07, 6.45) is 5.77. The number of esters is 1. The zero-order valence-corrected chi connectivity index (χ0v) is 21.3. The Kier molecular flexibility index (Phi) is 5.78. The van der Waals surface area contributed by atoms with Gasteiger partial charge in [-0.05, 0) is 56.2 Å². The topological polar surface area (TPSA) is 109 Å². The van der Waals surface area contributed by atoms with Gasteiger partial charge >= 0.3 is 5.97 Å². The van der Waals surface area contributed by atoms with Gasteiger partial charge in [-0.2, -0.15) is 5.10 Å². The van der Waals surface area contributed by atoms with Crippen LogP contribution in [0.15, 0.2) is 65.8 Å². The highest BCUT2D eigenvalue weighted by atomic mass is 19.1. The van der Waals surface area contributed by atoms with Crippen LogP contribution in [0.5, 0.6) is 5.75 Å². The Bertz CT molecular complexity index is 1670. The molecule has 0 saturated heterocycles. The average Bonchev–Trinajstić information content (AvgIpc) is 3.60. The standard InChI is InChI=1S/C28H24FN5O5/c1-3-39-27(37)24-23-25(34(31-24)21-9-8-19(38-2)14-20(21)29)26(36)33(16-28(23)10-11-28)18-6-4-17(5-7-18)32-13-12-30-15-22(32)35/h4-9,12-15H,3,10-11,16H2,1-2H3. The normalized spacial score (nSPS) is 15.3. The van der Waals surface area contributed by atoms with E-state index in [0.717, 1.165) is 12.8 Å². The van der Waals surface area contributed by atoms with Crippen molar-refractivity contribution in [1.82, 2.24) is 19.3 Å². The molecule has 4 aromatic rings. The van der Waals surface area contributed by atoms with Gasteiger partial charge in [0.25, 0.3) is 11.5 Å². The van der Waals surface area contributed by atoms with E-state index in [1.807, 2.05) is 0 Å². The summed E-state index contributed by atoms with van der Waals surface area (Å²) in [5.74, 6) is -1.42. The monoisotopic (exact) mass is 529 g/mol. The maximum absolute atomic E-state index is 15.2. The van der Waals surface area contributed by atoms with Gasteiger partial charge in [0.2, 0.25) is 0 Å². The van der Waals surface area contributed by atoms with Gasteiger partial charge in [-0.3, -0.25) is 19.1 Å². The molecular formula is C28H24FN5O5. The van der Waals surface area contributed by atoms with Gasteiger partial charge in [0.15, 0.2) is 11.5 Å². The number of amides is 1. The van der Waals surface area contributed by atoms with Gasteiger partial charge in [-0.15, -0.1) is 0 Å². The molecule has 2 aliphatic rings. The van der Waals surface area contributed by atoms with Crippen molar-refractivity contribution in [3.8, 4) is 17.1 Å². The lowest BCUT2D eigenvalue weighted by atomic mass is 9.88. The van der Waals surface area contributed by atoms with Crippen LogP contribution >= 0.6 is 0 Å². The number of hydrogen-bond donors (Lipinski definition) is 0. The van der Waals surface area contributed by atoms with Crippen molar-refractivity contribution in [3.05, 3.63) is 94.2 Å². The molecule has 198 valence electrons. The number of nitrogens with zero attached hydrogens (tertiary/aromatic N) is 5. The fraction of sp³-hybridized carbons (Fsp3) is 0.250. The van der Waals surface area contributed by atoms with Gasteiger partial charge in [0.05, 0.1) is 19.9 Å². The summed E-state index contributed by atoms with van der Waals surface area (Å²) in [7, 11) is 1.43. The Morgan fingerprint density at radius 2 is 1.85 bits per heavy atom. The Morgan fingerprint density at radius 1 is 1.10 bits per heavy atom. The molecule has 3 heterocycles. The SMILES string of the molecule is CCOC(=O)c1nn(-c2ccc(OC)cc2F)c2c1C1(CC1)CN(c1ccc(-n3ccncc3=O)cc1)C2=O. The van der Waals surface area contributed by atoms with Crippen LogP contribution in [0.2, 0.25) is 0 Å². The van der Waals surface area contributed by atoms with E-state index in [2.05, 4.69) is 10.1 Å². The number of hydrogen-bond acceptors (Lipinski definition) is 7. The Morgan fingerprint density at radius 3 is 2.49 bits per heavy atom. The Labute approximate surface area is 222 Å². The first-order chi connectivity index (χ1) is 18.9. The summed E-state index contributed by atoms with van der Waals surface area (Å²) in [6, 6.07) is 11.2. The van der Waals surface area contributed by atoms with Gasteiger partial charge in [0, 0.05) is 47.4 Å². The van der Waals surface area contributed by atoms with E-state index in [9.17, 15) is 14.4 Å². The molecule has 39 heavy (non-hydrogen) atoms. The van der Waals surface area contributed by atoms with Gasteiger partial charge in [-0.25, -0.2) is 13.9 Å². The van der Waals surface area contributed by atoms with Crippen LogP contribution in [0, 0.1) is 5.82 Å². The first kappa shape index (κ1) is 24.5. The second kappa shape index (κ2) is 9.19. The third kappa shape index (κ3) is 3.97. The zero-order valence-electron chi connectivity index (χ0n) is 21.3. The molecule has 0 unspecified atom stereocenters. The number of benzene rings is 2. The van der Waals surface area contributed by atoms with E-state index in [-0.39, 0.29) is 29.2 Å². The summed E-state index contributed by atoms with van der Waals surface area (Å²) >= 11 is 0. The van der Waals surface area contributed by atoms with Crippen molar-refractivity contribution in [1.29, 1.82) is 0 Å². The third-order valence-corrected chi connectivity index (χ3v) is 7.19. The second-order valence-electron chi connectivity index (χ2n) is 9.49. The summed E-state index contributed by atoms with van der Waals surface area (Å²) in [4.78, 5) is 44.6. The maximum Gasteiger partial charge on any atom is 0.359 e. The molecule has 10 nitrogen and oxygen atoms in total. The molecule has 2 aromatic carbocycles. The molecule has 1 fully saturated rings. The second-order valence-corrected chi connectivity index (χ2v) is 9.49. The van der Waals surface area contributed by atoms with Gasteiger partial charge in [0.1, 0.15) is 17.1 Å². The number of halogens is 1. The number of methoxy groups -OCH3 is 1. The highest BCUT2D eigenvalue weighted by Gasteiger charge is 2.56. The minimum atomic E-state index is -0.656. The fourth-order valence-corrected chi connectivity index (χ4v) is 5.12.